The SMILES string of the molecule is COc1ccccc1NC(=O)c1sc2ncn(CC(=O)c3ccc(Cl)cc3Cl)c(=O)c2c1C. The molecule has 0 radical (unpaired) electrons. The van der Waals surface area contributed by atoms with Crippen molar-refractivity contribution in [1.82, 2.24) is 9.55 Å². The van der Waals surface area contributed by atoms with Crippen LogP contribution in [-0.4, -0.2) is 28.4 Å². The highest BCUT2D eigenvalue weighted by molar-refractivity contribution is 7.20. The van der Waals surface area contributed by atoms with Crippen LogP contribution in [0.2, 0.25) is 10.0 Å². The van der Waals surface area contributed by atoms with Crippen LogP contribution in [0.15, 0.2) is 53.6 Å². The number of carbonyl (C=O) groups excluding carboxylic acids is 2. The fourth-order valence-electron chi connectivity index (χ4n) is 3.37. The first-order valence-electron chi connectivity index (χ1n) is 9.71. The number of Topliss-reactive ketones (excluding diaryl/α,β-unsaturated/α-hetero) is 1. The minimum atomic E-state index is -0.413. The maximum Gasteiger partial charge on any atom is 0.266 e. The van der Waals surface area contributed by atoms with Gasteiger partial charge in [0, 0.05) is 10.6 Å². The molecule has 1 amide bonds. The van der Waals surface area contributed by atoms with Gasteiger partial charge in [-0.2, -0.15) is 0 Å². The van der Waals surface area contributed by atoms with Crippen molar-refractivity contribution >= 4 is 62.1 Å². The third kappa shape index (κ3) is 4.50. The molecule has 0 atom stereocenters. The second-order valence-electron chi connectivity index (χ2n) is 7.12. The molecule has 10 heteroatoms. The normalized spacial score (nSPS) is 10.9. The molecule has 0 saturated carbocycles. The predicted molar refractivity (Wildman–Crippen MR) is 130 cm³/mol. The van der Waals surface area contributed by atoms with Crippen LogP contribution in [-0.2, 0) is 6.54 Å². The lowest BCUT2D eigenvalue weighted by atomic mass is 10.1. The molecule has 0 aliphatic heterocycles. The van der Waals surface area contributed by atoms with E-state index in [0.717, 1.165) is 11.3 Å². The van der Waals surface area contributed by atoms with Crippen LogP contribution in [0.5, 0.6) is 5.75 Å². The van der Waals surface area contributed by atoms with Crippen LogP contribution < -0.4 is 15.6 Å². The molecule has 0 spiro atoms. The van der Waals surface area contributed by atoms with Gasteiger partial charge in [-0.1, -0.05) is 35.3 Å². The summed E-state index contributed by atoms with van der Waals surface area (Å²) in [5.74, 6) is -0.221. The highest BCUT2D eigenvalue weighted by Gasteiger charge is 2.21. The van der Waals surface area contributed by atoms with Gasteiger partial charge in [0.15, 0.2) is 5.78 Å². The summed E-state index contributed by atoms with van der Waals surface area (Å²) in [4.78, 5) is 43.8. The molecule has 2 heterocycles. The Labute approximate surface area is 202 Å². The molecule has 1 N–H and O–H groups in total. The van der Waals surface area contributed by atoms with Gasteiger partial charge in [-0.05, 0) is 42.8 Å². The van der Waals surface area contributed by atoms with Crippen LogP contribution in [0.1, 0.15) is 25.6 Å². The zero-order valence-corrected chi connectivity index (χ0v) is 19.8. The molecule has 168 valence electrons. The topological polar surface area (TPSA) is 90.3 Å². The average Bonchev–Trinajstić information content (AvgIpc) is 3.13. The lowest BCUT2D eigenvalue weighted by Crippen LogP contribution is -2.25. The summed E-state index contributed by atoms with van der Waals surface area (Å²) in [6, 6.07) is 11.6. The highest BCUT2D eigenvalue weighted by Crippen LogP contribution is 2.30. The number of thiophene rings is 1. The summed E-state index contributed by atoms with van der Waals surface area (Å²) >= 11 is 13.1. The molecule has 0 aliphatic rings. The number of halogens is 2. The number of nitrogens with one attached hydrogen (secondary N) is 1. The summed E-state index contributed by atoms with van der Waals surface area (Å²) < 4.78 is 6.47. The molecule has 0 bridgehead atoms. The minimum Gasteiger partial charge on any atom is -0.495 e. The molecule has 2 aromatic carbocycles. The number of rotatable bonds is 6. The van der Waals surface area contributed by atoms with E-state index in [1.807, 2.05) is 0 Å². The van der Waals surface area contributed by atoms with E-state index in [1.165, 1.54) is 30.1 Å². The van der Waals surface area contributed by atoms with Crippen LogP contribution in [0.3, 0.4) is 0 Å². The lowest BCUT2D eigenvalue weighted by Gasteiger charge is -2.09. The highest BCUT2D eigenvalue weighted by atomic mass is 35.5. The predicted octanol–water partition coefficient (Wildman–Crippen LogP) is 5.22. The number of nitrogens with zero attached hydrogens (tertiary/aromatic N) is 2. The first-order valence-corrected chi connectivity index (χ1v) is 11.3. The Morgan fingerprint density at radius 3 is 2.67 bits per heavy atom. The summed E-state index contributed by atoms with van der Waals surface area (Å²) in [6.45, 7) is 1.43. The monoisotopic (exact) mass is 501 g/mol. The number of aryl methyl sites for hydroxylation is 1. The van der Waals surface area contributed by atoms with Crippen LogP contribution in [0.25, 0.3) is 10.2 Å². The van der Waals surface area contributed by atoms with E-state index >= 15 is 0 Å². The number of benzene rings is 2. The molecule has 0 fully saturated rings. The first-order chi connectivity index (χ1) is 15.8. The van der Waals surface area contributed by atoms with E-state index in [-0.39, 0.29) is 28.8 Å². The van der Waals surface area contributed by atoms with Crippen molar-refractivity contribution in [2.24, 2.45) is 0 Å². The fraction of sp³-hybridized carbons (Fsp3) is 0.130. The van der Waals surface area contributed by atoms with Crippen molar-refractivity contribution in [3.8, 4) is 5.75 Å². The van der Waals surface area contributed by atoms with Gasteiger partial charge in [0.2, 0.25) is 0 Å². The van der Waals surface area contributed by atoms with E-state index in [1.54, 1.807) is 37.3 Å². The third-order valence-electron chi connectivity index (χ3n) is 5.02. The first kappa shape index (κ1) is 23.0. The van der Waals surface area contributed by atoms with Gasteiger partial charge in [0.05, 0.1) is 41.0 Å². The number of anilines is 1. The van der Waals surface area contributed by atoms with E-state index in [0.29, 0.717) is 37.1 Å². The molecule has 4 aromatic rings. The van der Waals surface area contributed by atoms with Crippen LogP contribution in [0, 0.1) is 6.92 Å². The van der Waals surface area contributed by atoms with E-state index in [9.17, 15) is 14.4 Å². The van der Waals surface area contributed by atoms with Gasteiger partial charge in [-0.15, -0.1) is 11.3 Å². The zero-order valence-electron chi connectivity index (χ0n) is 17.5. The number of carbonyl (C=O) groups is 2. The second-order valence-corrected chi connectivity index (χ2v) is 8.96. The number of ketones is 1. The number of amides is 1. The zero-order chi connectivity index (χ0) is 23.7. The Morgan fingerprint density at radius 2 is 1.94 bits per heavy atom. The molecule has 0 saturated heterocycles. The quantitative estimate of drug-likeness (QED) is 0.366. The molecule has 0 unspecified atom stereocenters. The second kappa shape index (κ2) is 9.35. The Kier molecular flexibility index (Phi) is 6.51. The van der Waals surface area contributed by atoms with Gasteiger partial charge >= 0.3 is 0 Å². The minimum absolute atomic E-state index is 0.205. The van der Waals surface area contributed by atoms with Crippen LogP contribution in [0.4, 0.5) is 5.69 Å². The van der Waals surface area contributed by atoms with Gasteiger partial charge in [0.25, 0.3) is 11.5 Å². The van der Waals surface area contributed by atoms with Gasteiger partial charge in [-0.25, -0.2) is 4.98 Å². The Hall–Kier alpha value is -3.20. The van der Waals surface area contributed by atoms with Crippen LogP contribution >= 0.6 is 34.5 Å². The largest absolute Gasteiger partial charge is 0.495 e. The van der Waals surface area contributed by atoms with E-state index < -0.39 is 5.56 Å². The summed E-state index contributed by atoms with van der Waals surface area (Å²) in [5, 5.41) is 3.71. The molecule has 33 heavy (non-hydrogen) atoms. The molecular formula is C23H17Cl2N3O4S. The summed E-state index contributed by atoms with van der Waals surface area (Å²) in [7, 11) is 1.51. The number of ether oxygens (including phenoxy) is 1. The van der Waals surface area contributed by atoms with E-state index in [4.69, 9.17) is 27.9 Å². The summed E-state index contributed by atoms with van der Waals surface area (Å²) in [6.07, 6.45) is 1.30. The molecule has 2 aromatic heterocycles. The molecule has 0 aliphatic carbocycles. The number of para-hydroxylation sites is 2. The summed E-state index contributed by atoms with van der Waals surface area (Å²) in [5.41, 5.74) is 0.847. The number of hydrogen-bond donors (Lipinski definition) is 1. The number of methoxy groups -OCH3 is 1. The van der Waals surface area contributed by atoms with E-state index in [2.05, 4.69) is 10.3 Å². The van der Waals surface area contributed by atoms with Crippen molar-refractivity contribution in [2.75, 3.05) is 12.4 Å². The third-order valence-corrected chi connectivity index (χ3v) is 6.77. The van der Waals surface area contributed by atoms with Crippen molar-refractivity contribution in [3.05, 3.63) is 85.2 Å². The molecular weight excluding hydrogens is 485 g/mol. The van der Waals surface area contributed by atoms with Crippen molar-refractivity contribution < 1.29 is 14.3 Å². The standard InChI is InChI=1S/C23H17Cl2N3O4S/c1-12-19-22(33-20(12)21(30)27-16-5-3-4-6-18(16)32-2)26-11-28(23(19)31)10-17(29)14-8-7-13(24)9-15(14)25/h3-9,11H,10H2,1-2H3,(H,27,30). The Balaban J connectivity index is 1.66. The lowest BCUT2D eigenvalue weighted by molar-refractivity contribution is 0.0969. The maximum atomic E-state index is 13.1. The number of hydrogen-bond acceptors (Lipinski definition) is 6. The average molecular weight is 502 g/mol. The van der Waals surface area contributed by atoms with Gasteiger partial charge in [0.1, 0.15) is 10.6 Å². The molecule has 4 rings (SSSR count). The van der Waals surface area contributed by atoms with Crippen molar-refractivity contribution in [2.45, 2.75) is 13.5 Å². The van der Waals surface area contributed by atoms with Crippen molar-refractivity contribution in [1.29, 1.82) is 0 Å². The molecule has 7 nitrogen and oxygen atoms in total. The van der Waals surface area contributed by atoms with Gasteiger partial charge < -0.3 is 10.1 Å². The van der Waals surface area contributed by atoms with Gasteiger partial charge in [-0.3, -0.25) is 19.0 Å². The fourth-order valence-corrected chi connectivity index (χ4v) is 4.92. The Morgan fingerprint density at radius 1 is 1.18 bits per heavy atom. The number of aromatic nitrogens is 2. The smallest absolute Gasteiger partial charge is 0.266 e. The Bertz CT molecular complexity index is 1460. The van der Waals surface area contributed by atoms with Crippen molar-refractivity contribution in [3.63, 3.8) is 0 Å². The maximum absolute atomic E-state index is 13.1. The number of fused-ring (bicyclic) bond motifs is 1.